The van der Waals surface area contributed by atoms with Crippen LogP contribution in [0.4, 0.5) is 0 Å². The monoisotopic (exact) mass is 387 g/mol. The van der Waals surface area contributed by atoms with Gasteiger partial charge in [0.1, 0.15) is 17.4 Å². The Hall–Kier alpha value is -1.80. The summed E-state index contributed by atoms with van der Waals surface area (Å²) in [4.78, 5) is 6.84. The molecule has 0 saturated heterocycles. The van der Waals surface area contributed by atoms with Crippen molar-refractivity contribution in [2.45, 2.75) is 30.9 Å². The maximum Gasteiger partial charge on any atom is 0.183 e. The number of nitrogens with zero attached hydrogens (tertiary/aromatic N) is 3. The zero-order valence-corrected chi connectivity index (χ0v) is 17.1. The first-order chi connectivity index (χ1) is 12.9. The van der Waals surface area contributed by atoms with Gasteiger partial charge in [-0.2, -0.15) is 16.8 Å². The molecule has 1 unspecified atom stereocenters. The van der Waals surface area contributed by atoms with E-state index < -0.39 is 5.79 Å². The SMILES string of the molecule is CN(C)Cc1ccc(CSCCC2(N)N=C(Cc3ccccc3)NN2C)o1. The van der Waals surface area contributed by atoms with Crippen molar-refractivity contribution in [3.8, 4) is 0 Å². The van der Waals surface area contributed by atoms with Crippen LogP contribution in [0, 0.1) is 0 Å². The summed E-state index contributed by atoms with van der Waals surface area (Å²) < 4.78 is 5.85. The largest absolute Gasteiger partial charge is 0.464 e. The molecule has 2 aromatic rings. The average molecular weight is 388 g/mol. The Morgan fingerprint density at radius 1 is 1.19 bits per heavy atom. The third-order valence-corrected chi connectivity index (χ3v) is 5.45. The van der Waals surface area contributed by atoms with Gasteiger partial charge in [0.05, 0.1) is 12.3 Å². The summed E-state index contributed by atoms with van der Waals surface area (Å²) >= 11 is 1.82. The number of rotatable bonds is 9. The minimum Gasteiger partial charge on any atom is -0.464 e. The molecule has 6 nitrogen and oxygen atoms in total. The van der Waals surface area contributed by atoms with Crippen molar-refractivity contribution in [3.63, 3.8) is 0 Å². The zero-order chi connectivity index (χ0) is 19.3. The van der Waals surface area contributed by atoms with Crippen molar-refractivity contribution >= 4 is 17.6 Å². The molecule has 0 spiro atoms. The molecule has 1 aromatic heterocycles. The van der Waals surface area contributed by atoms with Crippen LogP contribution in [0.3, 0.4) is 0 Å². The van der Waals surface area contributed by atoms with Gasteiger partial charge in [-0.25, -0.2) is 4.99 Å². The number of hydrogen-bond donors (Lipinski definition) is 2. The Morgan fingerprint density at radius 3 is 2.67 bits per heavy atom. The molecule has 0 saturated carbocycles. The molecule has 0 radical (unpaired) electrons. The molecule has 0 bridgehead atoms. The van der Waals surface area contributed by atoms with Crippen LogP contribution in [0.5, 0.6) is 0 Å². The Balaban J connectivity index is 1.47. The van der Waals surface area contributed by atoms with Crippen molar-refractivity contribution < 1.29 is 4.42 Å². The van der Waals surface area contributed by atoms with E-state index in [0.29, 0.717) is 0 Å². The number of benzene rings is 1. The summed E-state index contributed by atoms with van der Waals surface area (Å²) in [6.45, 7) is 0.825. The van der Waals surface area contributed by atoms with Crippen molar-refractivity contribution in [3.05, 3.63) is 59.5 Å². The van der Waals surface area contributed by atoms with Gasteiger partial charge in [0, 0.05) is 19.9 Å². The molecular weight excluding hydrogens is 358 g/mol. The van der Waals surface area contributed by atoms with Gasteiger partial charge in [0.2, 0.25) is 0 Å². The van der Waals surface area contributed by atoms with E-state index in [0.717, 1.165) is 48.2 Å². The molecule has 1 aromatic carbocycles. The van der Waals surface area contributed by atoms with Crippen molar-refractivity contribution in [1.82, 2.24) is 15.3 Å². The van der Waals surface area contributed by atoms with Gasteiger partial charge in [-0.3, -0.25) is 5.73 Å². The fourth-order valence-electron chi connectivity index (χ4n) is 3.01. The van der Waals surface area contributed by atoms with E-state index >= 15 is 0 Å². The molecule has 0 amide bonds. The van der Waals surface area contributed by atoms with Crippen LogP contribution < -0.4 is 11.2 Å². The lowest BCUT2D eigenvalue weighted by Crippen LogP contribution is -2.54. The van der Waals surface area contributed by atoms with Gasteiger partial charge in [0.15, 0.2) is 5.79 Å². The quantitative estimate of drug-likeness (QED) is 0.645. The number of amidine groups is 1. The molecule has 146 valence electrons. The summed E-state index contributed by atoms with van der Waals surface area (Å²) in [5.74, 6) is 3.98. The van der Waals surface area contributed by atoms with Crippen LogP contribution in [0.1, 0.15) is 23.5 Å². The summed E-state index contributed by atoms with van der Waals surface area (Å²) in [6.07, 6.45) is 1.53. The second-order valence-corrected chi connectivity index (χ2v) is 8.28. The highest BCUT2D eigenvalue weighted by Gasteiger charge is 2.35. The van der Waals surface area contributed by atoms with Crippen molar-refractivity contribution in [2.75, 3.05) is 26.9 Å². The fourth-order valence-corrected chi connectivity index (χ4v) is 3.95. The molecule has 2 heterocycles. The van der Waals surface area contributed by atoms with Crippen LogP contribution in [-0.2, 0) is 18.7 Å². The third kappa shape index (κ3) is 5.59. The lowest BCUT2D eigenvalue weighted by atomic mass is 10.1. The number of aliphatic imine (C=N–C) groups is 1. The van der Waals surface area contributed by atoms with Gasteiger partial charge in [-0.1, -0.05) is 30.3 Å². The number of thioether (sulfide) groups is 1. The molecule has 3 N–H and O–H groups in total. The predicted molar refractivity (Wildman–Crippen MR) is 112 cm³/mol. The first-order valence-electron chi connectivity index (χ1n) is 9.17. The smallest absolute Gasteiger partial charge is 0.183 e. The van der Waals surface area contributed by atoms with E-state index in [1.54, 1.807) is 0 Å². The second kappa shape index (κ2) is 8.93. The number of hydrazine groups is 1. The molecule has 27 heavy (non-hydrogen) atoms. The van der Waals surface area contributed by atoms with Crippen molar-refractivity contribution in [1.29, 1.82) is 0 Å². The highest BCUT2D eigenvalue weighted by molar-refractivity contribution is 7.98. The van der Waals surface area contributed by atoms with E-state index in [4.69, 9.17) is 15.1 Å². The van der Waals surface area contributed by atoms with Gasteiger partial charge in [-0.15, -0.1) is 0 Å². The first-order valence-corrected chi connectivity index (χ1v) is 10.3. The van der Waals surface area contributed by atoms with Crippen LogP contribution in [0.25, 0.3) is 0 Å². The van der Waals surface area contributed by atoms with Gasteiger partial charge in [0.25, 0.3) is 0 Å². The predicted octanol–water partition coefficient (Wildman–Crippen LogP) is 2.67. The number of furan rings is 1. The molecule has 1 aliphatic heterocycles. The zero-order valence-electron chi connectivity index (χ0n) is 16.3. The topological polar surface area (TPSA) is 70.0 Å². The summed E-state index contributed by atoms with van der Waals surface area (Å²) in [5, 5.41) is 1.91. The first kappa shape index (κ1) is 19.9. The van der Waals surface area contributed by atoms with Gasteiger partial charge < -0.3 is 14.7 Å². The van der Waals surface area contributed by atoms with Crippen LogP contribution in [0.15, 0.2) is 51.9 Å². The normalized spacial score (nSPS) is 20.1. The Kier molecular flexibility index (Phi) is 6.59. The van der Waals surface area contributed by atoms with Crippen LogP contribution in [-0.4, -0.2) is 48.4 Å². The van der Waals surface area contributed by atoms with Crippen LogP contribution >= 0.6 is 11.8 Å². The van der Waals surface area contributed by atoms with Crippen molar-refractivity contribution in [2.24, 2.45) is 10.7 Å². The van der Waals surface area contributed by atoms with E-state index in [9.17, 15) is 0 Å². The Morgan fingerprint density at radius 2 is 1.93 bits per heavy atom. The number of nitrogens with two attached hydrogens (primary N) is 1. The van der Waals surface area contributed by atoms with E-state index in [-0.39, 0.29) is 0 Å². The van der Waals surface area contributed by atoms with Gasteiger partial charge in [-0.05, 0) is 37.5 Å². The minimum absolute atomic E-state index is 0.698. The van der Waals surface area contributed by atoms with Gasteiger partial charge >= 0.3 is 0 Å². The standard InChI is InChI=1S/C20H29N5OS/c1-24(2)14-17-9-10-18(26-17)15-27-12-11-20(21)22-19(23-25(20)3)13-16-7-5-4-6-8-16/h4-10H,11-15,21H2,1-3H3,(H,22,23). The highest BCUT2D eigenvalue weighted by atomic mass is 32.2. The molecule has 0 fully saturated rings. The lowest BCUT2D eigenvalue weighted by Gasteiger charge is -2.28. The highest BCUT2D eigenvalue weighted by Crippen LogP contribution is 2.23. The van der Waals surface area contributed by atoms with E-state index in [1.807, 2.05) is 56.1 Å². The third-order valence-electron chi connectivity index (χ3n) is 4.47. The van der Waals surface area contributed by atoms with E-state index in [1.165, 1.54) is 5.56 Å². The molecular formula is C20H29N5OS. The van der Waals surface area contributed by atoms with E-state index in [2.05, 4.69) is 34.6 Å². The molecule has 7 heteroatoms. The lowest BCUT2D eigenvalue weighted by molar-refractivity contribution is 0.124. The molecule has 1 atom stereocenters. The maximum atomic E-state index is 6.52. The molecule has 3 rings (SSSR count). The maximum absolute atomic E-state index is 6.52. The summed E-state index contributed by atoms with van der Waals surface area (Å²) in [7, 11) is 6.03. The molecule has 0 aliphatic carbocycles. The number of hydrogen-bond acceptors (Lipinski definition) is 7. The molecule has 1 aliphatic rings. The second-order valence-electron chi connectivity index (χ2n) is 7.18. The summed E-state index contributed by atoms with van der Waals surface area (Å²) in [5.41, 5.74) is 11.0. The fraction of sp³-hybridized carbons (Fsp3) is 0.450. The number of nitrogens with one attached hydrogen (secondary N) is 1. The summed E-state index contributed by atoms with van der Waals surface area (Å²) in [6, 6.07) is 14.4. The Labute approximate surface area is 165 Å². The Bertz CT molecular complexity index is 761. The average Bonchev–Trinajstić information content (AvgIpc) is 3.17. The minimum atomic E-state index is -0.698. The van der Waals surface area contributed by atoms with Crippen LogP contribution in [0.2, 0.25) is 0 Å².